The molecule has 1 heterocycles. The van der Waals surface area contributed by atoms with Gasteiger partial charge in [-0.2, -0.15) is 0 Å². The van der Waals surface area contributed by atoms with Crippen molar-refractivity contribution in [3.05, 3.63) is 70.8 Å². The Kier molecular flexibility index (Phi) is 8.62. The first-order chi connectivity index (χ1) is 15.5. The van der Waals surface area contributed by atoms with E-state index in [-0.39, 0.29) is 0 Å². The number of nitrogens with one attached hydrogen (secondary N) is 1. The molecule has 0 aliphatic carbocycles. The maximum atomic E-state index is 3.81. The lowest BCUT2D eigenvalue weighted by atomic mass is 9.72. The molecule has 32 heavy (non-hydrogen) atoms. The van der Waals surface area contributed by atoms with E-state index in [2.05, 4.69) is 95.4 Å². The van der Waals surface area contributed by atoms with Crippen LogP contribution in [-0.4, -0.2) is 12.6 Å². The van der Waals surface area contributed by atoms with Crippen LogP contribution in [0, 0.1) is 0 Å². The molecule has 0 amide bonds. The molecule has 1 nitrogen and oxygen atoms in total. The Morgan fingerprint density at radius 2 is 1.03 bits per heavy atom. The molecule has 0 radical (unpaired) electrons. The van der Waals surface area contributed by atoms with E-state index in [1.807, 2.05) is 0 Å². The number of hydrogen-bond acceptors (Lipinski definition) is 1. The molecule has 1 aliphatic rings. The smallest absolute Gasteiger partial charge is 0.0243 e. The van der Waals surface area contributed by atoms with Crippen molar-refractivity contribution in [1.82, 2.24) is 5.32 Å². The normalized spacial score (nSPS) is 17.3. The van der Waals surface area contributed by atoms with Gasteiger partial charge in [-0.15, -0.1) is 0 Å². The molecule has 0 spiro atoms. The molecule has 1 N–H and O–H groups in total. The predicted octanol–water partition coefficient (Wildman–Crippen LogP) is 8.51. The third-order valence-corrected chi connectivity index (χ3v) is 9.33. The van der Waals surface area contributed by atoms with Crippen LogP contribution in [0.1, 0.15) is 121 Å². The minimum absolute atomic E-state index is 0.324. The zero-order valence-electron chi connectivity index (χ0n) is 21.6. The molecule has 1 saturated heterocycles. The van der Waals surface area contributed by atoms with E-state index in [0.717, 1.165) is 6.54 Å². The van der Waals surface area contributed by atoms with Gasteiger partial charge in [0.1, 0.15) is 0 Å². The second kappa shape index (κ2) is 11.0. The summed E-state index contributed by atoms with van der Waals surface area (Å²) in [5.41, 5.74) is 6.61. The van der Waals surface area contributed by atoms with Gasteiger partial charge in [0.05, 0.1) is 0 Å². The lowest BCUT2D eigenvalue weighted by Gasteiger charge is -2.33. The topological polar surface area (TPSA) is 12.0 Å². The quantitative estimate of drug-likeness (QED) is 0.374. The van der Waals surface area contributed by atoms with E-state index in [0.29, 0.717) is 22.8 Å². The molecular formula is C31H47N. The standard InChI is InChI=1S/C31H47N/c1-7-30(8-2,9-3)26-19-15-24(16-20-26)29(28-14-13-23-32-28)25-17-21-27(22-18-25)31(10-4,11-5)12-6/h15-22,28-29,32H,7-14,23H2,1-6H3/t28-/m1/s1. The molecule has 1 aliphatic heterocycles. The monoisotopic (exact) mass is 433 g/mol. The van der Waals surface area contributed by atoms with Crippen molar-refractivity contribution in [2.45, 2.75) is 116 Å². The van der Waals surface area contributed by atoms with Gasteiger partial charge in [-0.3, -0.25) is 0 Å². The Hall–Kier alpha value is -1.60. The lowest BCUT2D eigenvalue weighted by molar-refractivity contribution is 0.381. The van der Waals surface area contributed by atoms with E-state index in [1.54, 1.807) is 0 Å². The van der Waals surface area contributed by atoms with Gasteiger partial charge in [0, 0.05) is 12.0 Å². The van der Waals surface area contributed by atoms with Crippen molar-refractivity contribution in [3.63, 3.8) is 0 Å². The third kappa shape index (κ3) is 4.69. The van der Waals surface area contributed by atoms with Crippen molar-refractivity contribution in [2.75, 3.05) is 6.54 Å². The van der Waals surface area contributed by atoms with Crippen molar-refractivity contribution in [1.29, 1.82) is 0 Å². The highest BCUT2D eigenvalue weighted by Gasteiger charge is 2.31. The molecule has 2 aromatic carbocycles. The summed E-state index contributed by atoms with van der Waals surface area (Å²) < 4.78 is 0. The summed E-state index contributed by atoms with van der Waals surface area (Å²) >= 11 is 0. The second-order valence-electron chi connectivity index (χ2n) is 10.1. The van der Waals surface area contributed by atoms with Gasteiger partial charge < -0.3 is 5.32 Å². The van der Waals surface area contributed by atoms with Crippen LogP contribution in [0.5, 0.6) is 0 Å². The molecule has 3 rings (SSSR count). The molecule has 1 fully saturated rings. The van der Waals surface area contributed by atoms with Crippen molar-refractivity contribution in [3.8, 4) is 0 Å². The molecule has 0 unspecified atom stereocenters. The molecule has 1 atom stereocenters. The molecule has 0 saturated carbocycles. The zero-order valence-corrected chi connectivity index (χ0v) is 21.6. The van der Waals surface area contributed by atoms with Gasteiger partial charge >= 0.3 is 0 Å². The van der Waals surface area contributed by atoms with Crippen LogP contribution < -0.4 is 5.32 Å². The molecular weight excluding hydrogens is 386 g/mol. The van der Waals surface area contributed by atoms with E-state index in [4.69, 9.17) is 0 Å². The fourth-order valence-electron chi connectivity index (χ4n) is 6.47. The minimum Gasteiger partial charge on any atom is -0.313 e. The van der Waals surface area contributed by atoms with Crippen molar-refractivity contribution >= 4 is 0 Å². The number of hydrogen-bond donors (Lipinski definition) is 1. The maximum absolute atomic E-state index is 3.81. The lowest BCUT2D eigenvalue weighted by Crippen LogP contribution is -2.30. The van der Waals surface area contributed by atoms with Crippen LogP contribution in [0.3, 0.4) is 0 Å². The second-order valence-corrected chi connectivity index (χ2v) is 10.1. The van der Waals surface area contributed by atoms with Crippen LogP contribution in [0.2, 0.25) is 0 Å². The summed E-state index contributed by atoms with van der Waals surface area (Å²) in [6.07, 6.45) is 9.81. The Balaban J connectivity index is 1.96. The summed E-state index contributed by atoms with van der Waals surface area (Å²) in [4.78, 5) is 0. The van der Waals surface area contributed by atoms with Crippen LogP contribution in [0.4, 0.5) is 0 Å². The molecule has 176 valence electrons. The fraction of sp³-hybridized carbons (Fsp3) is 0.613. The Bertz CT molecular complexity index is 723. The fourth-order valence-corrected chi connectivity index (χ4v) is 6.47. The molecule has 0 aromatic heterocycles. The van der Waals surface area contributed by atoms with Crippen LogP contribution in [-0.2, 0) is 10.8 Å². The van der Waals surface area contributed by atoms with Gasteiger partial charge in [-0.25, -0.2) is 0 Å². The summed E-state index contributed by atoms with van der Waals surface area (Å²) in [6, 6.07) is 20.0. The first kappa shape index (κ1) is 25.0. The summed E-state index contributed by atoms with van der Waals surface area (Å²) in [6.45, 7) is 15.2. The maximum Gasteiger partial charge on any atom is 0.0243 e. The van der Waals surface area contributed by atoms with Crippen LogP contribution >= 0.6 is 0 Å². The first-order valence-corrected chi connectivity index (χ1v) is 13.5. The van der Waals surface area contributed by atoms with Gasteiger partial charge in [0.25, 0.3) is 0 Å². The summed E-state index contributed by atoms with van der Waals surface area (Å²) in [7, 11) is 0. The minimum atomic E-state index is 0.324. The average molecular weight is 434 g/mol. The van der Waals surface area contributed by atoms with Crippen molar-refractivity contribution < 1.29 is 0 Å². The Morgan fingerprint density at radius 1 is 0.656 bits per heavy atom. The molecule has 2 aromatic rings. The Labute approximate surface area is 198 Å². The van der Waals surface area contributed by atoms with E-state index in [9.17, 15) is 0 Å². The zero-order chi connectivity index (χ0) is 23.2. The van der Waals surface area contributed by atoms with E-state index in [1.165, 1.54) is 73.6 Å². The largest absolute Gasteiger partial charge is 0.313 e. The number of benzene rings is 2. The molecule has 0 bridgehead atoms. The Morgan fingerprint density at radius 3 is 1.31 bits per heavy atom. The SMILES string of the molecule is CCC(CC)(CC)c1ccc(C(c2ccc(C(CC)(CC)CC)cc2)[C@H]2CCCN2)cc1. The highest BCUT2D eigenvalue weighted by Crippen LogP contribution is 2.39. The van der Waals surface area contributed by atoms with Crippen LogP contribution in [0.25, 0.3) is 0 Å². The first-order valence-electron chi connectivity index (χ1n) is 13.5. The van der Waals surface area contributed by atoms with Gasteiger partial charge in [0.2, 0.25) is 0 Å². The van der Waals surface area contributed by atoms with Crippen LogP contribution in [0.15, 0.2) is 48.5 Å². The van der Waals surface area contributed by atoms with Crippen molar-refractivity contribution in [2.24, 2.45) is 0 Å². The highest BCUT2D eigenvalue weighted by molar-refractivity contribution is 5.40. The van der Waals surface area contributed by atoms with E-state index < -0.39 is 0 Å². The predicted molar refractivity (Wildman–Crippen MR) is 141 cm³/mol. The van der Waals surface area contributed by atoms with Gasteiger partial charge in [0.15, 0.2) is 0 Å². The van der Waals surface area contributed by atoms with Gasteiger partial charge in [-0.1, -0.05) is 90.1 Å². The number of rotatable bonds is 11. The van der Waals surface area contributed by atoms with E-state index >= 15 is 0 Å². The summed E-state index contributed by atoms with van der Waals surface area (Å²) in [5, 5.41) is 3.81. The molecule has 1 heteroatoms. The van der Waals surface area contributed by atoms with Gasteiger partial charge in [-0.05, 0) is 91.0 Å². The average Bonchev–Trinajstić information content (AvgIpc) is 3.38. The third-order valence-electron chi connectivity index (χ3n) is 9.33. The highest BCUT2D eigenvalue weighted by atomic mass is 14.9. The summed E-state index contributed by atoms with van der Waals surface area (Å²) in [5.74, 6) is 0.430.